The predicted octanol–water partition coefficient (Wildman–Crippen LogP) is 3.37. The number of nitro benzene ring substituents is 1. The number of non-ortho nitro benzene ring substituents is 1. The highest BCUT2D eigenvalue weighted by Gasteiger charge is 2.10. The number of benzene rings is 2. The zero-order valence-corrected chi connectivity index (χ0v) is 13.7. The van der Waals surface area contributed by atoms with Crippen molar-refractivity contribution in [2.24, 2.45) is 0 Å². The first-order valence-corrected chi connectivity index (χ1v) is 7.69. The molecule has 0 aromatic heterocycles. The predicted molar refractivity (Wildman–Crippen MR) is 91.9 cm³/mol. The zero-order valence-electron chi connectivity index (χ0n) is 13.7. The maximum absolute atomic E-state index is 11.8. The van der Waals surface area contributed by atoms with E-state index in [2.05, 4.69) is 5.32 Å². The monoisotopic (exact) mass is 342 g/mol. The molecule has 0 aliphatic rings. The van der Waals surface area contributed by atoms with Crippen LogP contribution in [0.1, 0.15) is 24.0 Å². The van der Waals surface area contributed by atoms with Gasteiger partial charge in [-0.2, -0.15) is 0 Å². The third-order valence-corrected chi connectivity index (χ3v) is 3.40. The van der Waals surface area contributed by atoms with Gasteiger partial charge in [0.2, 0.25) is 5.91 Å². The molecule has 0 radical (unpaired) electrons. The van der Waals surface area contributed by atoms with Crippen molar-refractivity contribution in [3.8, 4) is 0 Å². The van der Waals surface area contributed by atoms with Gasteiger partial charge in [0.15, 0.2) is 0 Å². The van der Waals surface area contributed by atoms with E-state index in [0.29, 0.717) is 11.3 Å². The summed E-state index contributed by atoms with van der Waals surface area (Å²) in [4.78, 5) is 33.6. The molecule has 0 aliphatic carbocycles. The highest BCUT2D eigenvalue weighted by Crippen LogP contribution is 2.13. The number of nitrogens with one attached hydrogen (secondary N) is 1. The number of nitro groups is 1. The molecule has 0 spiro atoms. The fourth-order valence-electron chi connectivity index (χ4n) is 2.11. The van der Waals surface area contributed by atoms with E-state index >= 15 is 0 Å². The van der Waals surface area contributed by atoms with Gasteiger partial charge >= 0.3 is 5.97 Å². The first-order valence-electron chi connectivity index (χ1n) is 7.69. The molecule has 2 rings (SSSR count). The Bertz CT molecular complexity index is 771. The normalized spacial score (nSPS) is 10.1. The maximum atomic E-state index is 11.8. The topological polar surface area (TPSA) is 98.5 Å². The lowest BCUT2D eigenvalue weighted by Gasteiger charge is -2.07. The number of carbonyl (C=O) groups is 2. The molecule has 0 unspecified atom stereocenters. The van der Waals surface area contributed by atoms with E-state index in [1.165, 1.54) is 24.3 Å². The lowest BCUT2D eigenvalue weighted by molar-refractivity contribution is -0.384. The Hall–Kier alpha value is -3.22. The highest BCUT2D eigenvalue weighted by atomic mass is 16.6. The molecule has 0 saturated carbocycles. The van der Waals surface area contributed by atoms with Crippen LogP contribution in [0.25, 0.3) is 0 Å². The summed E-state index contributed by atoms with van der Waals surface area (Å²) in [6.07, 6.45) is -0.0162. The molecule has 130 valence electrons. The van der Waals surface area contributed by atoms with Crippen molar-refractivity contribution in [2.75, 3.05) is 5.32 Å². The van der Waals surface area contributed by atoms with Gasteiger partial charge in [0.25, 0.3) is 5.69 Å². The SMILES string of the molecule is Cc1cccc(NC(=O)CCC(=O)OCc2ccc([N+](=O)[O-])cc2)c1. The minimum atomic E-state index is -0.502. The summed E-state index contributed by atoms with van der Waals surface area (Å²) in [5, 5.41) is 13.3. The van der Waals surface area contributed by atoms with Gasteiger partial charge in [-0.3, -0.25) is 19.7 Å². The van der Waals surface area contributed by atoms with Crippen LogP contribution in [0.4, 0.5) is 11.4 Å². The van der Waals surface area contributed by atoms with Crippen LogP contribution in [0, 0.1) is 17.0 Å². The third kappa shape index (κ3) is 6.06. The average molecular weight is 342 g/mol. The highest BCUT2D eigenvalue weighted by molar-refractivity contribution is 5.92. The smallest absolute Gasteiger partial charge is 0.306 e. The molecule has 7 nitrogen and oxygen atoms in total. The summed E-state index contributed by atoms with van der Waals surface area (Å²) in [5.41, 5.74) is 2.33. The number of hydrogen-bond donors (Lipinski definition) is 1. The molecule has 0 aliphatic heterocycles. The first-order chi connectivity index (χ1) is 11.9. The van der Waals surface area contributed by atoms with E-state index in [1.807, 2.05) is 25.1 Å². The molecule has 2 aromatic carbocycles. The standard InChI is InChI=1S/C18H18N2O5/c1-13-3-2-4-15(11-13)19-17(21)9-10-18(22)25-12-14-5-7-16(8-6-14)20(23)24/h2-8,11H,9-10,12H2,1H3,(H,19,21). The van der Waals surface area contributed by atoms with E-state index in [9.17, 15) is 19.7 Å². The Morgan fingerprint density at radius 2 is 1.84 bits per heavy atom. The molecular weight excluding hydrogens is 324 g/mol. The number of amides is 1. The summed E-state index contributed by atoms with van der Waals surface area (Å²) in [6.45, 7) is 1.93. The van der Waals surface area contributed by atoms with Crippen LogP contribution in [0.2, 0.25) is 0 Å². The third-order valence-electron chi connectivity index (χ3n) is 3.40. The second-order valence-electron chi connectivity index (χ2n) is 5.50. The molecule has 0 heterocycles. The number of nitrogens with zero attached hydrogens (tertiary/aromatic N) is 1. The van der Waals surface area contributed by atoms with Gasteiger partial charge in [0, 0.05) is 24.2 Å². The zero-order chi connectivity index (χ0) is 18.2. The number of esters is 1. The Kier molecular flexibility index (Phi) is 6.22. The van der Waals surface area contributed by atoms with Crippen molar-refractivity contribution >= 4 is 23.3 Å². The number of ether oxygens (including phenoxy) is 1. The van der Waals surface area contributed by atoms with Crippen LogP contribution in [-0.4, -0.2) is 16.8 Å². The molecule has 7 heteroatoms. The van der Waals surface area contributed by atoms with Gasteiger partial charge in [-0.15, -0.1) is 0 Å². The second-order valence-corrected chi connectivity index (χ2v) is 5.50. The largest absolute Gasteiger partial charge is 0.461 e. The minimum Gasteiger partial charge on any atom is -0.461 e. The summed E-state index contributed by atoms with van der Waals surface area (Å²) in [7, 11) is 0. The minimum absolute atomic E-state index is 0.0102. The Balaban J connectivity index is 1.73. The summed E-state index contributed by atoms with van der Waals surface area (Å²) < 4.78 is 5.06. The number of anilines is 1. The van der Waals surface area contributed by atoms with Gasteiger partial charge in [0.05, 0.1) is 11.3 Å². The average Bonchev–Trinajstić information content (AvgIpc) is 2.58. The molecule has 0 fully saturated rings. The van der Waals surface area contributed by atoms with Gasteiger partial charge in [-0.1, -0.05) is 12.1 Å². The fraction of sp³-hybridized carbons (Fsp3) is 0.222. The Labute approximate surface area is 144 Å². The van der Waals surface area contributed by atoms with Crippen LogP contribution in [0.5, 0.6) is 0 Å². The van der Waals surface area contributed by atoms with E-state index in [4.69, 9.17) is 4.74 Å². The van der Waals surface area contributed by atoms with E-state index < -0.39 is 10.9 Å². The summed E-state index contributed by atoms with van der Waals surface area (Å²) >= 11 is 0. The molecule has 1 amide bonds. The molecule has 0 atom stereocenters. The quantitative estimate of drug-likeness (QED) is 0.472. The number of rotatable bonds is 7. The Morgan fingerprint density at radius 3 is 2.48 bits per heavy atom. The van der Waals surface area contributed by atoms with E-state index in [1.54, 1.807) is 6.07 Å². The molecule has 0 bridgehead atoms. The lowest BCUT2D eigenvalue weighted by Crippen LogP contribution is -2.14. The van der Waals surface area contributed by atoms with Crippen molar-refractivity contribution in [3.05, 3.63) is 69.8 Å². The van der Waals surface area contributed by atoms with Gasteiger partial charge in [0.1, 0.15) is 6.61 Å². The summed E-state index contributed by atoms with van der Waals surface area (Å²) in [5.74, 6) is -0.768. The van der Waals surface area contributed by atoms with Crippen molar-refractivity contribution in [1.29, 1.82) is 0 Å². The van der Waals surface area contributed by atoms with Crippen LogP contribution in [0.3, 0.4) is 0 Å². The number of hydrogen-bond acceptors (Lipinski definition) is 5. The molecule has 2 aromatic rings. The molecule has 1 N–H and O–H groups in total. The van der Waals surface area contributed by atoms with Crippen molar-refractivity contribution in [1.82, 2.24) is 0 Å². The molecular formula is C18H18N2O5. The van der Waals surface area contributed by atoms with Crippen molar-refractivity contribution in [3.63, 3.8) is 0 Å². The van der Waals surface area contributed by atoms with Crippen molar-refractivity contribution < 1.29 is 19.2 Å². The van der Waals surface area contributed by atoms with Gasteiger partial charge in [-0.05, 0) is 42.3 Å². The van der Waals surface area contributed by atoms with Crippen LogP contribution in [0.15, 0.2) is 48.5 Å². The lowest BCUT2D eigenvalue weighted by atomic mass is 10.2. The van der Waals surface area contributed by atoms with Crippen molar-refractivity contribution in [2.45, 2.75) is 26.4 Å². The van der Waals surface area contributed by atoms with E-state index in [-0.39, 0.29) is 31.0 Å². The van der Waals surface area contributed by atoms with Crippen LogP contribution >= 0.6 is 0 Å². The first kappa shape index (κ1) is 18.1. The van der Waals surface area contributed by atoms with Crippen LogP contribution in [-0.2, 0) is 20.9 Å². The molecule has 25 heavy (non-hydrogen) atoms. The second kappa shape index (κ2) is 8.58. The van der Waals surface area contributed by atoms with Crippen LogP contribution < -0.4 is 5.32 Å². The van der Waals surface area contributed by atoms with Gasteiger partial charge < -0.3 is 10.1 Å². The summed E-state index contributed by atoms with van der Waals surface area (Å²) in [6, 6.07) is 13.1. The molecule has 0 saturated heterocycles. The van der Waals surface area contributed by atoms with Gasteiger partial charge in [-0.25, -0.2) is 0 Å². The maximum Gasteiger partial charge on any atom is 0.306 e. The number of carbonyl (C=O) groups excluding carboxylic acids is 2. The van der Waals surface area contributed by atoms with E-state index in [0.717, 1.165) is 5.56 Å². The fourth-order valence-corrected chi connectivity index (χ4v) is 2.11. The Morgan fingerprint density at radius 1 is 1.12 bits per heavy atom. The number of aryl methyl sites for hydroxylation is 1.